The summed E-state index contributed by atoms with van der Waals surface area (Å²) < 4.78 is 13.9. The first kappa shape index (κ1) is 18.7. The molecule has 0 amide bonds. The fourth-order valence-corrected chi connectivity index (χ4v) is 4.08. The molecule has 0 bridgehead atoms. The Bertz CT molecular complexity index is 1240. The van der Waals surface area contributed by atoms with Crippen LogP contribution in [0.5, 0.6) is 5.75 Å². The molecule has 2 N–H and O–H groups in total. The number of hydrogen-bond acceptors (Lipinski definition) is 6. The molecule has 0 saturated heterocycles. The number of aromatic nitrogens is 2. The van der Waals surface area contributed by atoms with Crippen LogP contribution in [0.2, 0.25) is 0 Å². The average molecular weight is 404 g/mol. The van der Waals surface area contributed by atoms with E-state index in [4.69, 9.17) is 9.15 Å². The van der Waals surface area contributed by atoms with Crippen molar-refractivity contribution in [2.45, 2.75) is 31.7 Å². The zero-order valence-electron chi connectivity index (χ0n) is 16.6. The van der Waals surface area contributed by atoms with Gasteiger partial charge in [0.2, 0.25) is 0 Å². The Morgan fingerprint density at radius 1 is 1.20 bits per heavy atom. The molecule has 0 atom stereocenters. The maximum absolute atomic E-state index is 9.58. The minimum absolute atomic E-state index is 0.415. The van der Waals surface area contributed by atoms with E-state index in [-0.39, 0.29) is 0 Å². The predicted molar refractivity (Wildman–Crippen MR) is 114 cm³/mol. The van der Waals surface area contributed by atoms with E-state index in [0.717, 1.165) is 17.8 Å². The van der Waals surface area contributed by atoms with Gasteiger partial charge in [-0.15, -0.1) is 0 Å². The van der Waals surface area contributed by atoms with E-state index in [1.54, 1.807) is 12.4 Å². The molecule has 30 heavy (non-hydrogen) atoms. The van der Waals surface area contributed by atoms with Crippen molar-refractivity contribution in [3.8, 4) is 17.2 Å². The van der Waals surface area contributed by atoms with Gasteiger partial charge in [0.25, 0.3) is 0 Å². The number of benzene rings is 1. The van der Waals surface area contributed by atoms with Crippen molar-refractivity contribution in [3.63, 3.8) is 0 Å². The van der Waals surface area contributed by atoms with Crippen molar-refractivity contribution in [3.05, 3.63) is 60.3 Å². The third-order valence-electron chi connectivity index (χ3n) is 5.65. The Labute approximate surface area is 173 Å². The second kappa shape index (κ2) is 8.20. The zero-order valence-corrected chi connectivity index (χ0v) is 16.6. The Balaban J connectivity index is 1.38. The lowest BCUT2D eigenvalue weighted by Gasteiger charge is -2.12. The molecule has 0 aliphatic heterocycles. The summed E-state index contributed by atoms with van der Waals surface area (Å²) in [5.74, 6) is 1.25. The third-order valence-corrected chi connectivity index (χ3v) is 5.65. The summed E-state index contributed by atoms with van der Waals surface area (Å²) in [6.07, 6.45) is 8.81. The summed E-state index contributed by atoms with van der Waals surface area (Å²) in [6, 6.07) is 13.8. The molecule has 1 fully saturated rings. The summed E-state index contributed by atoms with van der Waals surface area (Å²) in [5.41, 5.74) is 2.29. The Morgan fingerprint density at radius 3 is 2.97 bits per heavy atom. The van der Waals surface area contributed by atoms with E-state index in [1.807, 2.05) is 47.0 Å². The van der Waals surface area contributed by atoms with Gasteiger partial charge in [-0.05, 0) is 49.2 Å². The number of nitrogens with one attached hydrogen (secondary N) is 1. The van der Waals surface area contributed by atoms with E-state index in [0.29, 0.717) is 40.4 Å². The molecule has 3 heterocycles. The molecule has 0 spiro atoms. The maximum atomic E-state index is 9.58. The molecular weight excluding hydrogens is 380 g/mol. The zero-order chi connectivity index (χ0) is 20.3. The van der Waals surface area contributed by atoms with Gasteiger partial charge in [0.15, 0.2) is 5.76 Å². The molecule has 7 heteroatoms. The number of ether oxygens (including phenoxy) is 1. The minimum atomic E-state index is 0.415. The molecule has 154 valence electrons. The van der Waals surface area contributed by atoms with Crippen molar-refractivity contribution in [1.82, 2.24) is 14.7 Å². The summed E-state index contributed by atoms with van der Waals surface area (Å²) in [7, 11) is 0. The highest BCUT2D eigenvalue weighted by Gasteiger charge is 2.13. The number of fused-ring (bicyclic) bond motifs is 2. The van der Waals surface area contributed by atoms with Gasteiger partial charge in [-0.3, -0.25) is 0 Å². The van der Waals surface area contributed by atoms with Gasteiger partial charge in [-0.1, -0.05) is 18.0 Å². The molecule has 4 aromatic rings. The monoisotopic (exact) mass is 404 g/mol. The fourth-order valence-electron chi connectivity index (χ4n) is 4.08. The molecule has 1 aliphatic rings. The molecule has 5 rings (SSSR count). The summed E-state index contributed by atoms with van der Waals surface area (Å²) in [4.78, 5) is 4.45. The van der Waals surface area contributed by atoms with Crippen LogP contribution < -0.4 is 15.4 Å². The predicted octanol–water partition coefficient (Wildman–Crippen LogP) is 3.95. The lowest BCUT2D eigenvalue weighted by molar-refractivity contribution is 0.301. The van der Waals surface area contributed by atoms with Gasteiger partial charge in [0.05, 0.1) is 11.7 Å². The Hall–Kier alpha value is -3.32. The second-order valence-electron chi connectivity index (χ2n) is 7.65. The highest BCUT2D eigenvalue weighted by Crippen LogP contribution is 2.24. The fraction of sp³-hybridized carbons (Fsp3) is 0.304. The van der Waals surface area contributed by atoms with Gasteiger partial charge < -0.3 is 24.1 Å². The van der Waals surface area contributed by atoms with Gasteiger partial charge in [0.1, 0.15) is 29.0 Å². The maximum Gasteiger partial charge on any atom is 0.155 e. The van der Waals surface area contributed by atoms with Gasteiger partial charge in [-0.2, -0.15) is 0 Å². The SMILES string of the molecule is O/N=c1/cc(-c2cc3cccn3cn2)oc2ccc(OCCNC3CCCC3)cc12. The van der Waals surface area contributed by atoms with Crippen LogP contribution in [0.1, 0.15) is 25.7 Å². The molecular formula is C23H24N4O3. The van der Waals surface area contributed by atoms with E-state index in [1.165, 1.54) is 25.7 Å². The molecule has 0 radical (unpaired) electrons. The molecule has 1 aliphatic carbocycles. The molecule has 0 unspecified atom stereocenters. The van der Waals surface area contributed by atoms with Crippen molar-refractivity contribution in [1.29, 1.82) is 0 Å². The van der Waals surface area contributed by atoms with Crippen molar-refractivity contribution >= 4 is 16.5 Å². The Kier molecular flexibility index (Phi) is 5.11. The molecule has 7 nitrogen and oxygen atoms in total. The van der Waals surface area contributed by atoms with Crippen molar-refractivity contribution in [2.24, 2.45) is 5.16 Å². The van der Waals surface area contributed by atoms with Crippen LogP contribution in [0.4, 0.5) is 0 Å². The first-order valence-electron chi connectivity index (χ1n) is 10.4. The third kappa shape index (κ3) is 3.76. The van der Waals surface area contributed by atoms with E-state index >= 15 is 0 Å². The lowest BCUT2D eigenvalue weighted by atomic mass is 10.2. The average Bonchev–Trinajstić information content (AvgIpc) is 3.47. The normalized spacial score (nSPS) is 15.4. The highest BCUT2D eigenvalue weighted by atomic mass is 16.5. The van der Waals surface area contributed by atoms with Crippen LogP contribution in [-0.2, 0) is 0 Å². The number of nitrogens with zero attached hydrogens (tertiary/aromatic N) is 3. The van der Waals surface area contributed by atoms with Crippen molar-refractivity contribution < 1.29 is 14.4 Å². The summed E-state index contributed by atoms with van der Waals surface area (Å²) in [5, 5.41) is 17.7. The Morgan fingerprint density at radius 2 is 2.10 bits per heavy atom. The summed E-state index contributed by atoms with van der Waals surface area (Å²) >= 11 is 0. The van der Waals surface area contributed by atoms with Gasteiger partial charge >= 0.3 is 0 Å². The first-order chi connectivity index (χ1) is 14.8. The van der Waals surface area contributed by atoms with Crippen LogP contribution >= 0.6 is 0 Å². The van der Waals surface area contributed by atoms with Gasteiger partial charge in [-0.25, -0.2) is 4.98 Å². The topological polar surface area (TPSA) is 84.3 Å². The van der Waals surface area contributed by atoms with Crippen LogP contribution in [0, 0.1) is 0 Å². The highest BCUT2D eigenvalue weighted by molar-refractivity contribution is 5.80. The van der Waals surface area contributed by atoms with E-state index in [2.05, 4.69) is 15.5 Å². The number of hydrogen-bond donors (Lipinski definition) is 2. The lowest BCUT2D eigenvalue weighted by Crippen LogP contribution is -2.30. The largest absolute Gasteiger partial charge is 0.492 e. The van der Waals surface area contributed by atoms with Crippen LogP contribution in [-0.4, -0.2) is 33.8 Å². The molecule has 1 saturated carbocycles. The van der Waals surface area contributed by atoms with Crippen LogP contribution in [0.15, 0.2) is 64.6 Å². The van der Waals surface area contributed by atoms with Crippen molar-refractivity contribution in [2.75, 3.05) is 13.2 Å². The second-order valence-corrected chi connectivity index (χ2v) is 7.65. The first-order valence-corrected chi connectivity index (χ1v) is 10.4. The molecule has 3 aromatic heterocycles. The minimum Gasteiger partial charge on any atom is -0.492 e. The quantitative estimate of drug-likeness (QED) is 0.289. The summed E-state index contributed by atoms with van der Waals surface area (Å²) in [6.45, 7) is 1.40. The number of rotatable bonds is 6. The smallest absolute Gasteiger partial charge is 0.155 e. The molecule has 1 aromatic carbocycles. The van der Waals surface area contributed by atoms with E-state index < -0.39 is 0 Å². The van der Waals surface area contributed by atoms with Crippen LogP contribution in [0.25, 0.3) is 27.9 Å². The van der Waals surface area contributed by atoms with Gasteiger partial charge in [0, 0.05) is 30.4 Å². The van der Waals surface area contributed by atoms with E-state index in [9.17, 15) is 5.21 Å². The van der Waals surface area contributed by atoms with Crippen LogP contribution in [0.3, 0.4) is 0 Å². The standard InChI is InChI=1S/C23H24N4O3/c28-26-20-14-23(21-12-17-6-3-10-27(17)15-25-21)30-22-8-7-18(13-19(20)22)29-11-9-24-16-4-1-2-5-16/h3,6-8,10,12-16,24,28H,1-2,4-5,9,11H2/b26-20-.